The number of fused-ring (bicyclic) bond motifs is 1. The van der Waals surface area contributed by atoms with E-state index in [4.69, 9.17) is 21.1 Å². The summed E-state index contributed by atoms with van der Waals surface area (Å²) in [5.74, 6) is -0.0113. The van der Waals surface area contributed by atoms with Gasteiger partial charge in [-0.3, -0.25) is 4.79 Å². The first kappa shape index (κ1) is 27.8. The summed E-state index contributed by atoms with van der Waals surface area (Å²) in [5.41, 5.74) is -0.396. The van der Waals surface area contributed by atoms with E-state index >= 15 is 4.39 Å². The summed E-state index contributed by atoms with van der Waals surface area (Å²) in [6.45, 7) is 6.08. The Kier molecular flexibility index (Phi) is 7.65. The van der Waals surface area contributed by atoms with Gasteiger partial charge in [-0.15, -0.1) is 0 Å². The summed E-state index contributed by atoms with van der Waals surface area (Å²) in [5, 5.41) is 15.5. The molecule has 1 aromatic carbocycles. The second-order valence-corrected chi connectivity index (χ2v) is 11.2. The standard InChI is InChI=1S/C27H34ClFN4O5/c1-26(2,3)27(32-25(35)36)11-7-6-8-19(27)30-23-21(29)17-14-33(24(34)20(17)22(28)31-23)13-15-9-10-16(37-4)12-18(15)38-5/h9-10,12,19,32H,6-8,11,13-14H2,1-5H3,(H,30,31)(H,35,36). The van der Waals surface area contributed by atoms with Crippen LogP contribution in [0.3, 0.4) is 0 Å². The predicted molar refractivity (Wildman–Crippen MR) is 142 cm³/mol. The Hall–Kier alpha value is -3.27. The van der Waals surface area contributed by atoms with Crippen LogP contribution >= 0.6 is 11.6 Å². The highest BCUT2D eigenvalue weighted by Gasteiger charge is 2.51. The van der Waals surface area contributed by atoms with Crippen LogP contribution < -0.4 is 20.1 Å². The molecule has 1 aromatic heterocycles. The number of ether oxygens (including phenoxy) is 2. The molecule has 11 heteroatoms. The second-order valence-electron chi connectivity index (χ2n) is 10.9. The molecule has 0 saturated heterocycles. The van der Waals surface area contributed by atoms with Gasteiger partial charge in [0.15, 0.2) is 11.6 Å². The van der Waals surface area contributed by atoms with E-state index < -0.39 is 34.8 Å². The van der Waals surface area contributed by atoms with E-state index in [0.717, 1.165) is 18.4 Å². The Labute approximate surface area is 226 Å². The number of nitrogens with zero attached hydrogens (tertiary/aromatic N) is 2. The lowest BCUT2D eigenvalue weighted by Gasteiger charge is -2.52. The average molecular weight is 549 g/mol. The summed E-state index contributed by atoms with van der Waals surface area (Å²) >= 11 is 6.45. The maximum absolute atomic E-state index is 15.9. The molecule has 2 aromatic rings. The lowest BCUT2D eigenvalue weighted by molar-refractivity contribution is 0.0719. The molecule has 0 bridgehead atoms. The van der Waals surface area contributed by atoms with Crippen molar-refractivity contribution in [3.05, 3.63) is 45.9 Å². The van der Waals surface area contributed by atoms with Crippen molar-refractivity contribution in [1.82, 2.24) is 15.2 Å². The third kappa shape index (κ3) is 4.93. The second kappa shape index (κ2) is 10.5. The molecule has 1 aliphatic heterocycles. The number of rotatable bonds is 7. The van der Waals surface area contributed by atoms with E-state index in [1.165, 1.54) is 12.0 Å². The third-order valence-electron chi connectivity index (χ3n) is 7.78. The Morgan fingerprint density at radius 2 is 2.03 bits per heavy atom. The Morgan fingerprint density at radius 1 is 1.29 bits per heavy atom. The van der Waals surface area contributed by atoms with E-state index in [-0.39, 0.29) is 35.2 Å². The van der Waals surface area contributed by atoms with Gasteiger partial charge in [0.1, 0.15) is 16.7 Å². The highest BCUT2D eigenvalue weighted by molar-refractivity contribution is 6.33. The molecule has 4 rings (SSSR count). The third-order valence-corrected chi connectivity index (χ3v) is 8.06. The first-order chi connectivity index (χ1) is 17.9. The number of pyridine rings is 1. The van der Waals surface area contributed by atoms with Gasteiger partial charge in [0.25, 0.3) is 5.91 Å². The fourth-order valence-corrected chi connectivity index (χ4v) is 6.02. The minimum atomic E-state index is -1.13. The number of hydrogen-bond donors (Lipinski definition) is 3. The van der Waals surface area contributed by atoms with E-state index in [1.807, 2.05) is 20.8 Å². The highest BCUT2D eigenvalue weighted by atomic mass is 35.5. The molecule has 2 aliphatic rings. The quantitative estimate of drug-likeness (QED) is 0.394. The number of benzene rings is 1. The summed E-state index contributed by atoms with van der Waals surface area (Å²) < 4.78 is 26.6. The topological polar surface area (TPSA) is 113 Å². The number of amides is 2. The Bertz CT molecular complexity index is 1250. The minimum absolute atomic E-state index is 0.00849. The Morgan fingerprint density at radius 3 is 2.66 bits per heavy atom. The first-order valence-corrected chi connectivity index (χ1v) is 13.0. The fourth-order valence-electron chi connectivity index (χ4n) is 5.74. The summed E-state index contributed by atoms with van der Waals surface area (Å²) in [4.78, 5) is 30.7. The smallest absolute Gasteiger partial charge is 0.405 e. The van der Waals surface area contributed by atoms with Crippen molar-refractivity contribution in [3.63, 3.8) is 0 Å². The predicted octanol–water partition coefficient (Wildman–Crippen LogP) is 5.45. The normalized spacial score (nSPS) is 21.2. The first-order valence-electron chi connectivity index (χ1n) is 12.6. The molecule has 9 nitrogen and oxygen atoms in total. The molecule has 2 amide bonds. The molecule has 2 unspecified atom stereocenters. The molecular weight excluding hydrogens is 515 g/mol. The number of aromatic nitrogens is 1. The maximum Gasteiger partial charge on any atom is 0.405 e. The van der Waals surface area contributed by atoms with E-state index in [2.05, 4.69) is 15.6 Å². The molecule has 1 fully saturated rings. The summed E-state index contributed by atoms with van der Waals surface area (Å²) in [7, 11) is 3.08. The summed E-state index contributed by atoms with van der Waals surface area (Å²) in [6, 6.07) is 4.85. The van der Waals surface area contributed by atoms with Crippen molar-refractivity contribution in [2.75, 3.05) is 19.5 Å². The van der Waals surface area contributed by atoms with Crippen LogP contribution in [0.25, 0.3) is 0 Å². The lowest BCUT2D eigenvalue weighted by Crippen LogP contribution is -2.67. The van der Waals surface area contributed by atoms with Gasteiger partial charge in [-0.2, -0.15) is 0 Å². The van der Waals surface area contributed by atoms with Crippen molar-refractivity contribution in [3.8, 4) is 11.5 Å². The molecule has 38 heavy (non-hydrogen) atoms. The fraction of sp³-hybridized carbons (Fsp3) is 0.519. The van der Waals surface area contributed by atoms with Gasteiger partial charge in [0.05, 0.1) is 37.9 Å². The number of carbonyl (C=O) groups is 2. The number of halogens is 2. The minimum Gasteiger partial charge on any atom is -0.497 e. The molecule has 2 atom stereocenters. The zero-order chi connectivity index (χ0) is 27.8. The van der Waals surface area contributed by atoms with E-state index in [0.29, 0.717) is 24.3 Å². The van der Waals surface area contributed by atoms with Crippen molar-refractivity contribution in [2.45, 2.75) is 71.1 Å². The monoisotopic (exact) mass is 548 g/mol. The molecule has 0 radical (unpaired) electrons. The van der Waals surface area contributed by atoms with E-state index in [1.54, 1.807) is 25.3 Å². The Balaban J connectivity index is 1.65. The lowest BCUT2D eigenvalue weighted by atomic mass is 9.63. The van der Waals surface area contributed by atoms with Gasteiger partial charge in [-0.25, -0.2) is 14.2 Å². The maximum atomic E-state index is 15.9. The van der Waals surface area contributed by atoms with Crippen LogP contribution in [0.4, 0.5) is 15.0 Å². The average Bonchev–Trinajstić information content (AvgIpc) is 3.19. The van der Waals surface area contributed by atoms with Crippen molar-refractivity contribution < 1.29 is 28.6 Å². The number of nitrogens with one attached hydrogen (secondary N) is 2. The van der Waals surface area contributed by atoms with Crippen LogP contribution in [0.15, 0.2) is 18.2 Å². The molecule has 1 saturated carbocycles. The number of anilines is 1. The largest absolute Gasteiger partial charge is 0.497 e. The van der Waals surface area contributed by atoms with Gasteiger partial charge in [0.2, 0.25) is 0 Å². The van der Waals surface area contributed by atoms with Crippen LogP contribution in [0.2, 0.25) is 5.15 Å². The van der Waals surface area contributed by atoms with Gasteiger partial charge in [-0.05, 0) is 30.4 Å². The molecule has 2 heterocycles. The molecule has 206 valence electrons. The number of carboxylic acid groups (broad SMARTS) is 1. The number of methoxy groups -OCH3 is 2. The number of carbonyl (C=O) groups excluding carboxylic acids is 1. The van der Waals surface area contributed by atoms with Crippen LogP contribution in [0, 0.1) is 11.2 Å². The zero-order valence-electron chi connectivity index (χ0n) is 22.3. The van der Waals surface area contributed by atoms with Crippen molar-refractivity contribution in [2.24, 2.45) is 5.41 Å². The SMILES string of the molecule is COc1ccc(CN2Cc3c(F)c(NC4CCCCC4(NC(=O)O)C(C)(C)C)nc(Cl)c3C2=O)c(OC)c1. The van der Waals surface area contributed by atoms with Gasteiger partial charge in [0, 0.05) is 23.7 Å². The molecule has 1 aliphatic carbocycles. The van der Waals surface area contributed by atoms with Gasteiger partial charge < -0.3 is 30.1 Å². The van der Waals surface area contributed by atoms with Gasteiger partial charge >= 0.3 is 6.09 Å². The van der Waals surface area contributed by atoms with Crippen LogP contribution in [0.5, 0.6) is 11.5 Å². The van der Waals surface area contributed by atoms with Crippen LogP contribution in [-0.4, -0.2) is 52.8 Å². The zero-order valence-corrected chi connectivity index (χ0v) is 23.0. The highest BCUT2D eigenvalue weighted by Crippen LogP contribution is 2.44. The van der Waals surface area contributed by atoms with Gasteiger partial charge in [-0.1, -0.05) is 45.2 Å². The van der Waals surface area contributed by atoms with Crippen LogP contribution in [0.1, 0.15) is 67.9 Å². The van der Waals surface area contributed by atoms with Crippen molar-refractivity contribution in [1.29, 1.82) is 0 Å². The van der Waals surface area contributed by atoms with Crippen molar-refractivity contribution >= 4 is 29.4 Å². The number of hydrogen-bond acceptors (Lipinski definition) is 6. The summed E-state index contributed by atoms with van der Waals surface area (Å²) in [6.07, 6.45) is 1.78. The molecule has 3 N–H and O–H groups in total. The molecular formula is C27H34ClFN4O5. The van der Waals surface area contributed by atoms with E-state index in [9.17, 15) is 14.7 Å². The molecule has 0 spiro atoms. The van der Waals surface area contributed by atoms with Crippen LogP contribution in [-0.2, 0) is 13.1 Å².